The largest absolute Gasteiger partial charge is 0.486 e. The Morgan fingerprint density at radius 1 is 1.10 bits per heavy atom. The lowest BCUT2D eigenvalue weighted by atomic mass is 10.1. The average molecular weight is 423 g/mol. The first-order valence-electron chi connectivity index (χ1n) is 9.09. The van der Waals surface area contributed by atoms with E-state index in [4.69, 9.17) is 14.2 Å². The molecule has 1 atom stereocenters. The maximum absolute atomic E-state index is 13.0. The maximum atomic E-state index is 13.0. The standard InChI is InChI=1S/C20H22FNO6S/c1-13(2)19(20(23)28-12-14-3-5-15(21)6-4-14)22-29(24,25)16-7-8-17-18(11-16)27-10-9-26-17/h3-8,11,13,19,22H,9-10,12H2,1-2H3/t19-/m0/s1. The lowest BCUT2D eigenvalue weighted by Gasteiger charge is -2.22. The van der Waals surface area contributed by atoms with Gasteiger partial charge in [-0.15, -0.1) is 0 Å². The summed E-state index contributed by atoms with van der Waals surface area (Å²) < 4.78 is 57.0. The Labute approximate surface area is 168 Å². The van der Waals surface area contributed by atoms with Gasteiger partial charge < -0.3 is 14.2 Å². The van der Waals surface area contributed by atoms with Gasteiger partial charge in [-0.1, -0.05) is 26.0 Å². The number of rotatable bonds is 7. The van der Waals surface area contributed by atoms with Crippen LogP contribution in [-0.2, 0) is 26.2 Å². The molecule has 0 fully saturated rings. The minimum Gasteiger partial charge on any atom is -0.486 e. The van der Waals surface area contributed by atoms with Crippen LogP contribution in [0.15, 0.2) is 47.4 Å². The van der Waals surface area contributed by atoms with Crippen molar-refractivity contribution in [2.24, 2.45) is 5.92 Å². The molecule has 0 saturated carbocycles. The van der Waals surface area contributed by atoms with Crippen LogP contribution in [0, 0.1) is 11.7 Å². The van der Waals surface area contributed by atoms with Gasteiger partial charge in [0.25, 0.3) is 0 Å². The number of nitrogens with one attached hydrogen (secondary N) is 1. The Morgan fingerprint density at radius 3 is 2.41 bits per heavy atom. The van der Waals surface area contributed by atoms with E-state index in [1.165, 1.54) is 42.5 Å². The van der Waals surface area contributed by atoms with Crippen molar-refractivity contribution in [2.45, 2.75) is 31.4 Å². The van der Waals surface area contributed by atoms with Crippen molar-refractivity contribution in [3.63, 3.8) is 0 Å². The zero-order chi connectivity index (χ0) is 21.0. The van der Waals surface area contributed by atoms with E-state index in [9.17, 15) is 17.6 Å². The highest BCUT2D eigenvalue weighted by atomic mass is 32.2. The second-order valence-electron chi connectivity index (χ2n) is 6.88. The third kappa shape index (κ3) is 5.24. The quantitative estimate of drug-likeness (QED) is 0.689. The third-order valence-corrected chi connectivity index (χ3v) is 5.76. The van der Waals surface area contributed by atoms with Crippen molar-refractivity contribution < 1.29 is 31.8 Å². The van der Waals surface area contributed by atoms with Gasteiger partial charge in [0, 0.05) is 6.07 Å². The summed E-state index contributed by atoms with van der Waals surface area (Å²) in [6.45, 7) is 4.04. The number of hydrogen-bond donors (Lipinski definition) is 1. The number of fused-ring (bicyclic) bond motifs is 1. The summed E-state index contributed by atoms with van der Waals surface area (Å²) in [6.07, 6.45) is 0. The molecule has 0 bridgehead atoms. The molecule has 1 N–H and O–H groups in total. The zero-order valence-corrected chi connectivity index (χ0v) is 16.9. The van der Waals surface area contributed by atoms with Crippen molar-refractivity contribution >= 4 is 16.0 Å². The lowest BCUT2D eigenvalue weighted by molar-refractivity contribution is -0.148. The summed E-state index contributed by atoms with van der Waals surface area (Å²) in [5.41, 5.74) is 0.594. The van der Waals surface area contributed by atoms with Crippen LogP contribution in [0.4, 0.5) is 4.39 Å². The molecule has 2 aromatic carbocycles. The van der Waals surface area contributed by atoms with Gasteiger partial charge in [-0.2, -0.15) is 4.72 Å². The van der Waals surface area contributed by atoms with Crippen molar-refractivity contribution in [1.29, 1.82) is 0 Å². The van der Waals surface area contributed by atoms with Crippen LogP contribution in [0.25, 0.3) is 0 Å². The van der Waals surface area contributed by atoms with E-state index in [-0.39, 0.29) is 17.4 Å². The van der Waals surface area contributed by atoms with Crippen LogP contribution in [0.2, 0.25) is 0 Å². The second kappa shape index (κ2) is 8.79. The van der Waals surface area contributed by atoms with Crippen LogP contribution in [0.3, 0.4) is 0 Å². The highest BCUT2D eigenvalue weighted by Gasteiger charge is 2.30. The van der Waals surface area contributed by atoms with E-state index >= 15 is 0 Å². The Bertz CT molecular complexity index is 975. The van der Waals surface area contributed by atoms with E-state index in [2.05, 4.69) is 4.72 Å². The molecule has 0 radical (unpaired) electrons. The molecule has 7 nitrogen and oxygen atoms in total. The summed E-state index contributed by atoms with van der Waals surface area (Å²) in [5.74, 6) is -0.672. The highest BCUT2D eigenvalue weighted by molar-refractivity contribution is 7.89. The number of hydrogen-bond acceptors (Lipinski definition) is 6. The van der Waals surface area contributed by atoms with E-state index in [0.29, 0.717) is 30.3 Å². The number of carbonyl (C=O) groups is 1. The third-order valence-electron chi connectivity index (χ3n) is 4.32. The summed E-state index contributed by atoms with van der Waals surface area (Å²) >= 11 is 0. The molecule has 0 aliphatic carbocycles. The summed E-state index contributed by atoms with van der Waals surface area (Å²) in [7, 11) is -4.01. The number of carbonyl (C=O) groups excluding carboxylic acids is 1. The van der Waals surface area contributed by atoms with Gasteiger partial charge in [-0.3, -0.25) is 4.79 Å². The molecule has 0 aromatic heterocycles. The SMILES string of the molecule is CC(C)[C@H](NS(=O)(=O)c1ccc2c(c1)OCCO2)C(=O)OCc1ccc(F)cc1. The minimum atomic E-state index is -4.01. The Kier molecular flexibility index (Phi) is 6.39. The van der Waals surface area contributed by atoms with E-state index in [1.807, 2.05) is 0 Å². The predicted molar refractivity (Wildman–Crippen MR) is 103 cm³/mol. The number of esters is 1. The highest BCUT2D eigenvalue weighted by Crippen LogP contribution is 2.32. The van der Waals surface area contributed by atoms with Gasteiger partial charge in [0.2, 0.25) is 10.0 Å². The minimum absolute atomic E-state index is 0.0428. The van der Waals surface area contributed by atoms with Gasteiger partial charge >= 0.3 is 5.97 Å². The summed E-state index contributed by atoms with van der Waals surface area (Å²) in [6, 6.07) is 8.67. The fourth-order valence-electron chi connectivity index (χ4n) is 2.71. The van der Waals surface area contributed by atoms with Gasteiger partial charge in [-0.05, 0) is 35.7 Å². The van der Waals surface area contributed by atoms with Crippen molar-refractivity contribution in [3.8, 4) is 11.5 Å². The molecule has 0 saturated heterocycles. The molecule has 1 aliphatic rings. The van der Waals surface area contributed by atoms with Crippen LogP contribution >= 0.6 is 0 Å². The molecule has 156 valence electrons. The molecule has 0 spiro atoms. The van der Waals surface area contributed by atoms with Crippen molar-refractivity contribution in [1.82, 2.24) is 4.72 Å². The van der Waals surface area contributed by atoms with Crippen LogP contribution < -0.4 is 14.2 Å². The smallest absolute Gasteiger partial charge is 0.324 e. The first-order valence-corrected chi connectivity index (χ1v) is 10.6. The Balaban J connectivity index is 1.71. The maximum Gasteiger partial charge on any atom is 0.324 e. The Hall–Kier alpha value is -2.65. The van der Waals surface area contributed by atoms with Crippen molar-refractivity contribution in [3.05, 3.63) is 53.8 Å². The second-order valence-corrected chi connectivity index (χ2v) is 8.60. The van der Waals surface area contributed by atoms with E-state index in [1.54, 1.807) is 13.8 Å². The van der Waals surface area contributed by atoms with Gasteiger partial charge in [0.15, 0.2) is 11.5 Å². The predicted octanol–water partition coefficient (Wildman–Crippen LogP) is 2.64. The topological polar surface area (TPSA) is 90.9 Å². The normalized spacial score (nSPS) is 14.5. The molecule has 1 aliphatic heterocycles. The number of sulfonamides is 1. The van der Waals surface area contributed by atoms with Crippen LogP contribution in [0.1, 0.15) is 19.4 Å². The van der Waals surface area contributed by atoms with Gasteiger partial charge in [-0.25, -0.2) is 12.8 Å². The summed E-state index contributed by atoms with van der Waals surface area (Å²) in [4.78, 5) is 12.5. The monoisotopic (exact) mass is 423 g/mol. The molecule has 0 unspecified atom stereocenters. The van der Waals surface area contributed by atoms with Gasteiger partial charge in [0.05, 0.1) is 4.90 Å². The van der Waals surface area contributed by atoms with Gasteiger partial charge in [0.1, 0.15) is 31.7 Å². The number of benzene rings is 2. The molecule has 9 heteroatoms. The molecule has 29 heavy (non-hydrogen) atoms. The average Bonchev–Trinajstić information content (AvgIpc) is 2.71. The lowest BCUT2D eigenvalue weighted by Crippen LogP contribution is -2.45. The molecular weight excluding hydrogens is 401 g/mol. The molecule has 2 aromatic rings. The molecular formula is C20H22FNO6S. The molecule has 3 rings (SSSR count). The Morgan fingerprint density at radius 2 is 1.76 bits per heavy atom. The number of ether oxygens (including phenoxy) is 3. The van der Waals surface area contributed by atoms with Crippen LogP contribution in [-0.4, -0.2) is 33.6 Å². The van der Waals surface area contributed by atoms with Crippen molar-refractivity contribution in [2.75, 3.05) is 13.2 Å². The zero-order valence-electron chi connectivity index (χ0n) is 16.1. The first-order chi connectivity index (χ1) is 13.8. The van der Waals surface area contributed by atoms with Crippen LogP contribution in [0.5, 0.6) is 11.5 Å². The molecule has 0 amide bonds. The number of halogens is 1. The first kappa shape index (κ1) is 21.1. The van der Waals surface area contributed by atoms with E-state index in [0.717, 1.165) is 0 Å². The fourth-order valence-corrected chi connectivity index (χ4v) is 4.06. The summed E-state index contributed by atoms with van der Waals surface area (Å²) in [5, 5.41) is 0. The van der Waals surface area contributed by atoms with E-state index < -0.39 is 27.9 Å². The fraction of sp³-hybridized carbons (Fsp3) is 0.350. The molecule has 1 heterocycles.